The van der Waals surface area contributed by atoms with E-state index in [1.165, 1.54) is 0 Å². The van der Waals surface area contributed by atoms with Crippen LogP contribution in [0.25, 0.3) is 22.3 Å². The van der Waals surface area contributed by atoms with Crippen LogP contribution in [0.2, 0.25) is 0 Å². The van der Waals surface area contributed by atoms with Gasteiger partial charge in [0.15, 0.2) is 0 Å². The number of fused-ring (bicyclic) bond motifs is 1. The summed E-state index contributed by atoms with van der Waals surface area (Å²) in [6.45, 7) is 1.16. The second-order valence-corrected chi connectivity index (χ2v) is 5.24. The van der Waals surface area contributed by atoms with Crippen molar-refractivity contribution in [2.75, 3.05) is 6.61 Å². The Morgan fingerprint density at radius 2 is 1.71 bits per heavy atom. The van der Waals surface area contributed by atoms with Crippen LogP contribution in [0.4, 0.5) is 0 Å². The molecule has 1 aromatic carbocycles. The van der Waals surface area contributed by atoms with E-state index >= 15 is 0 Å². The van der Waals surface area contributed by atoms with Crippen LogP contribution in [0.1, 0.15) is 0 Å². The van der Waals surface area contributed by atoms with Crippen LogP contribution in [0.15, 0.2) is 67.4 Å². The Bertz CT molecular complexity index is 934. The number of nitrogens with zero attached hydrogens (tertiary/aromatic N) is 5. The fourth-order valence-corrected chi connectivity index (χ4v) is 2.48. The molecule has 0 radical (unpaired) electrons. The third-order valence-corrected chi connectivity index (χ3v) is 3.68. The monoisotopic (exact) mass is 317 g/mol. The summed E-state index contributed by atoms with van der Waals surface area (Å²) in [6.07, 6.45) is 7.00. The van der Waals surface area contributed by atoms with E-state index in [1.54, 1.807) is 18.6 Å². The molecule has 3 aromatic heterocycles. The van der Waals surface area contributed by atoms with Crippen molar-refractivity contribution < 1.29 is 4.74 Å². The van der Waals surface area contributed by atoms with Gasteiger partial charge in [-0.3, -0.25) is 4.98 Å². The number of rotatable bonds is 5. The van der Waals surface area contributed by atoms with Gasteiger partial charge in [-0.1, -0.05) is 18.2 Å². The first kappa shape index (κ1) is 14.3. The van der Waals surface area contributed by atoms with Gasteiger partial charge in [0.25, 0.3) is 0 Å². The maximum atomic E-state index is 5.63. The fraction of sp³-hybridized carbons (Fsp3) is 0.111. The Morgan fingerprint density at radius 1 is 0.875 bits per heavy atom. The maximum absolute atomic E-state index is 5.63. The zero-order chi connectivity index (χ0) is 16.2. The number of hydrogen-bond donors (Lipinski definition) is 0. The van der Waals surface area contributed by atoms with Crippen LogP contribution in [-0.2, 0) is 6.54 Å². The summed E-state index contributed by atoms with van der Waals surface area (Å²) in [7, 11) is 0. The zero-order valence-electron chi connectivity index (χ0n) is 12.9. The molecule has 6 heteroatoms. The molecule has 4 aromatic rings. The molecule has 0 aliphatic carbocycles. The van der Waals surface area contributed by atoms with E-state index in [-0.39, 0.29) is 0 Å². The Labute approximate surface area is 138 Å². The molecule has 0 aliphatic heterocycles. The summed E-state index contributed by atoms with van der Waals surface area (Å²) < 4.78 is 7.68. The zero-order valence-corrected chi connectivity index (χ0v) is 12.9. The van der Waals surface area contributed by atoms with Gasteiger partial charge in [-0.2, -0.15) is 0 Å². The summed E-state index contributed by atoms with van der Waals surface area (Å²) >= 11 is 0. The van der Waals surface area contributed by atoms with Crippen LogP contribution >= 0.6 is 0 Å². The molecule has 6 nitrogen and oxygen atoms in total. The molecule has 0 N–H and O–H groups in total. The molecule has 0 aliphatic rings. The van der Waals surface area contributed by atoms with Crippen LogP contribution < -0.4 is 4.74 Å². The first-order valence-electron chi connectivity index (χ1n) is 7.66. The second kappa shape index (κ2) is 6.45. The number of pyridine rings is 1. The summed E-state index contributed by atoms with van der Waals surface area (Å²) in [5, 5.41) is 0. The highest BCUT2D eigenvalue weighted by molar-refractivity contribution is 5.74. The molecule has 0 bridgehead atoms. The van der Waals surface area contributed by atoms with Crippen LogP contribution in [-0.4, -0.2) is 31.1 Å². The van der Waals surface area contributed by atoms with Crippen molar-refractivity contribution in [3.63, 3.8) is 0 Å². The Kier molecular flexibility index (Phi) is 3.85. The number of aromatic nitrogens is 5. The Balaban J connectivity index is 1.39. The summed E-state index contributed by atoms with van der Waals surface area (Å²) in [5.41, 5.74) is 3.78. The number of para-hydroxylation sites is 2. The first-order valence-corrected chi connectivity index (χ1v) is 7.66. The lowest BCUT2D eigenvalue weighted by Crippen LogP contribution is -2.08. The van der Waals surface area contributed by atoms with Gasteiger partial charge in [0.2, 0.25) is 0 Å². The quantitative estimate of drug-likeness (QED) is 0.566. The highest BCUT2D eigenvalue weighted by Crippen LogP contribution is 2.15. The lowest BCUT2D eigenvalue weighted by Gasteiger charge is -2.06. The van der Waals surface area contributed by atoms with Crippen molar-refractivity contribution >= 4 is 11.0 Å². The Morgan fingerprint density at radius 3 is 2.54 bits per heavy atom. The average Bonchev–Trinajstić information content (AvgIpc) is 3.06. The SMILES string of the molecule is c1ccc(-c2cnc(OCCn3cnc4ccccc43)nc2)nc1. The number of ether oxygens (including phenoxy) is 1. The summed E-state index contributed by atoms with van der Waals surface area (Å²) in [5.74, 6) is 0. The van der Waals surface area contributed by atoms with Gasteiger partial charge in [0.1, 0.15) is 6.61 Å². The van der Waals surface area contributed by atoms with E-state index in [2.05, 4.69) is 24.5 Å². The largest absolute Gasteiger partial charge is 0.462 e. The topological polar surface area (TPSA) is 65.7 Å². The lowest BCUT2D eigenvalue weighted by atomic mass is 10.2. The van der Waals surface area contributed by atoms with E-state index in [0.29, 0.717) is 19.2 Å². The van der Waals surface area contributed by atoms with Gasteiger partial charge in [0.05, 0.1) is 29.6 Å². The van der Waals surface area contributed by atoms with Crippen molar-refractivity contribution in [1.29, 1.82) is 0 Å². The molecule has 0 unspecified atom stereocenters. The van der Waals surface area contributed by atoms with Gasteiger partial charge in [0, 0.05) is 24.2 Å². The minimum atomic E-state index is 0.360. The van der Waals surface area contributed by atoms with E-state index in [1.807, 2.05) is 48.8 Å². The van der Waals surface area contributed by atoms with Crippen molar-refractivity contribution in [1.82, 2.24) is 24.5 Å². The standard InChI is InChI=1S/C18H15N5O/c1-2-7-17-16(6-1)22-13-23(17)9-10-24-18-20-11-14(12-21-18)15-5-3-4-8-19-15/h1-8,11-13H,9-10H2. The molecule has 0 atom stereocenters. The molecule has 118 valence electrons. The smallest absolute Gasteiger partial charge is 0.316 e. The molecule has 0 saturated heterocycles. The number of benzene rings is 1. The number of hydrogen-bond acceptors (Lipinski definition) is 5. The molecule has 0 fully saturated rings. The minimum Gasteiger partial charge on any atom is -0.462 e. The molecule has 3 heterocycles. The molecule has 0 amide bonds. The van der Waals surface area contributed by atoms with E-state index < -0.39 is 0 Å². The van der Waals surface area contributed by atoms with Crippen LogP contribution in [0.3, 0.4) is 0 Å². The van der Waals surface area contributed by atoms with Crippen molar-refractivity contribution in [2.45, 2.75) is 6.54 Å². The second-order valence-electron chi connectivity index (χ2n) is 5.24. The third kappa shape index (κ3) is 2.94. The molecule has 0 spiro atoms. The van der Waals surface area contributed by atoms with Gasteiger partial charge >= 0.3 is 6.01 Å². The van der Waals surface area contributed by atoms with Gasteiger partial charge in [-0.15, -0.1) is 0 Å². The average molecular weight is 317 g/mol. The predicted octanol–water partition coefficient (Wildman–Crippen LogP) is 2.97. The maximum Gasteiger partial charge on any atom is 0.316 e. The molecular formula is C18H15N5O. The molecule has 24 heavy (non-hydrogen) atoms. The summed E-state index contributed by atoms with van der Waals surface area (Å²) in [6, 6.07) is 14.1. The van der Waals surface area contributed by atoms with E-state index in [4.69, 9.17) is 4.74 Å². The van der Waals surface area contributed by atoms with E-state index in [0.717, 1.165) is 22.3 Å². The highest BCUT2D eigenvalue weighted by Gasteiger charge is 2.04. The summed E-state index contributed by atoms with van der Waals surface area (Å²) in [4.78, 5) is 17.1. The van der Waals surface area contributed by atoms with Crippen LogP contribution in [0.5, 0.6) is 6.01 Å². The van der Waals surface area contributed by atoms with Gasteiger partial charge in [-0.05, 0) is 24.3 Å². The van der Waals surface area contributed by atoms with Crippen molar-refractivity contribution in [3.8, 4) is 17.3 Å². The highest BCUT2D eigenvalue weighted by atomic mass is 16.5. The van der Waals surface area contributed by atoms with Crippen molar-refractivity contribution in [3.05, 3.63) is 67.4 Å². The molecule has 4 rings (SSSR count). The van der Waals surface area contributed by atoms with Gasteiger partial charge in [-0.25, -0.2) is 15.0 Å². The predicted molar refractivity (Wildman–Crippen MR) is 90.5 cm³/mol. The van der Waals surface area contributed by atoms with E-state index in [9.17, 15) is 0 Å². The Hall–Kier alpha value is -3.28. The van der Waals surface area contributed by atoms with Gasteiger partial charge < -0.3 is 9.30 Å². The number of imidazole rings is 1. The lowest BCUT2D eigenvalue weighted by molar-refractivity contribution is 0.277. The van der Waals surface area contributed by atoms with Crippen LogP contribution in [0, 0.1) is 0 Å². The fourth-order valence-electron chi connectivity index (χ4n) is 2.48. The minimum absolute atomic E-state index is 0.360. The molecular weight excluding hydrogens is 302 g/mol. The normalized spacial score (nSPS) is 10.8. The first-order chi connectivity index (χ1) is 11.9. The molecule has 0 saturated carbocycles. The van der Waals surface area contributed by atoms with Crippen molar-refractivity contribution in [2.24, 2.45) is 0 Å². The third-order valence-electron chi connectivity index (χ3n) is 3.68.